The van der Waals surface area contributed by atoms with Crippen LogP contribution in [0.5, 0.6) is 0 Å². The second kappa shape index (κ2) is 8.79. The third kappa shape index (κ3) is 6.51. The molecule has 1 aromatic rings. The summed E-state index contributed by atoms with van der Waals surface area (Å²) in [7, 11) is 0. The average Bonchev–Trinajstić information content (AvgIpc) is 2.47. The molecule has 0 bridgehead atoms. The highest BCUT2D eigenvalue weighted by atomic mass is 35.5. The van der Waals surface area contributed by atoms with Crippen LogP contribution >= 0.6 is 24.0 Å². The minimum absolute atomic E-state index is 0. The normalized spacial score (nSPS) is 17.9. The lowest BCUT2D eigenvalue weighted by Crippen LogP contribution is -2.45. The van der Waals surface area contributed by atoms with E-state index in [9.17, 15) is 26.3 Å². The van der Waals surface area contributed by atoms with E-state index in [1.165, 1.54) is 12.1 Å². The average molecular weight is 411 g/mol. The van der Waals surface area contributed by atoms with Crippen LogP contribution in [0.3, 0.4) is 0 Å². The fraction of sp³-hybridized carbons (Fsp3) is 0.600. The highest BCUT2D eigenvalue weighted by Crippen LogP contribution is 2.40. The first-order chi connectivity index (χ1) is 11.1. The number of nitrogens with one attached hydrogen (secondary N) is 1. The molecular formula is C15H18Cl2F6N2. The number of halogens is 8. The van der Waals surface area contributed by atoms with Crippen LogP contribution in [0.2, 0.25) is 5.02 Å². The van der Waals surface area contributed by atoms with Crippen molar-refractivity contribution >= 4 is 24.0 Å². The van der Waals surface area contributed by atoms with E-state index in [2.05, 4.69) is 5.32 Å². The summed E-state index contributed by atoms with van der Waals surface area (Å²) in [6.07, 6.45) is -10.7. The number of piperazine rings is 1. The van der Waals surface area contributed by atoms with Crippen molar-refractivity contribution in [1.29, 1.82) is 0 Å². The van der Waals surface area contributed by atoms with Gasteiger partial charge >= 0.3 is 12.4 Å². The van der Waals surface area contributed by atoms with Crippen LogP contribution in [0.4, 0.5) is 26.3 Å². The van der Waals surface area contributed by atoms with E-state index in [1.807, 2.05) is 0 Å². The van der Waals surface area contributed by atoms with Crippen molar-refractivity contribution < 1.29 is 26.3 Å². The van der Waals surface area contributed by atoms with E-state index in [0.717, 1.165) is 6.07 Å². The van der Waals surface area contributed by atoms with Gasteiger partial charge in [-0.1, -0.05) is 17.7 Å². The molecule has 0 aliphatic carbocycles. The van der Waals surface area contributed by atoms with Crippen LogP contribution in [0.25, 0.3) is 0 Å². The molecule has 0 unspecified atom stereocenters. The van der Waals surface area contributed by atoms with E-state index in [4.69, 9.17) is 11.6 Å². The fourth-order valence-corrected chi connectivity index (χ4v) is 3.07. The predicted molar refractivity (Wildman–Crippen MR) is 86.2 cm³/mol. The van der Waals surface area contributed by atoms with Crippen LogP contribution in [-0.4, -0.2) is 37.3 Å². The van der Waals surface area contributed by atoms with Gasteiger partial charge in [-0.25, -0.2) is 0 Å². The molecule has 1 N–H and O–H groups in total. The molecule has 2 rings (SSSR count). The summed E-state index contributed by atoms with van der Waals surface area (Å²) in [5, 5.41) is 2.94. The molecule has 1 heterocycles. The Labute approximate surface area is 152 Å². The first-order valence-corrected chi connectivity index (χ1v) is 7.84. The quantitative estimate of drug-likeness (QED) is 0.697. The summed E-state index contributed by atoms with van der Waals surface area (Å²) >= 11 is 5.66. The third-order valence-corrected chi connectivity index (χ3v) is 4.21. The molecule has 25 heavy (non-hydrogen) atoms. The highest BCUT2D eigenvalue weighted by Gasteiger charge is 2.38. The molecule has 1 aliphatic heterocycles. The van der Waals surface area contributed by atoms with E-state index >= 15 is 0 Å². The van der Waals surface area contributed by atoms with Crippen LogP contribution < -0.4 is 5.32 Å². The number of hydrogen-bond donors (Lipinski definition) is 1. The van der Waals surface area contributed by atoms with Crippen molar-refractivity contribution in [1.82, 2.24) is 10.2 Å². The zero-order valence-corrected chi connectivity index (χ0v) is 14.6. The lowest BCUT2D eigenvalue weighted by Gasteiger charge is -2.36. The molecule has 0 spiro atoms. The van der Waals surface area contributed by atoms with Gasteiger partial charge in [-0.05, 0) is 24.1 Å². The van der Waals surface area contributed by atoms with E-state index in [-0.39, 0.29) is 23.0 Å². The molecule has 1 aliphatic rings. The Balaban J connectivity index is 0.00000312. The summed E-state index contributed by atoms with van der Waals surface area (Å²) in [4.78, 5) is 1.67. The monoisotopic (exact) mass is 410 g/mol. The van der Waals surface area contributed by atoms with Crippen molar-refractivity contribution in [3.05, 3.63) is 34.3 Å². The summed E-state index contributed by atoms with van der Waals surface area (Å²) in [6.45, 7) is 1.83. The van der Waals surface area contributed by atoms with Crippen LogP contribution in [-0.2, 0) is 6.18 Å². The Morgan fingerprint density at radius 1 is 1.08 bits per heavy atom. The lowest BCUT2D eigenvalue weighted by molar-refractivity contribution is -0.141. The van der Waals surface area contributed by atoms with Crippen molar-refractivity contribution in [2.75, 3.05) is 26.2 Å². The van der Waals surface area contributed by atoms with Crippen LogP contribution in [0.1, 0.15) is 30.0 Å². The van der Waals surface area contributed by atoms with E-state index < -0.39 is 36.8 Å². The zero-order chi connectivity index (χ0) is 18.0. The third-order valence-electron chi connectivity index (χ3n) is 3.97. The zero-order valence-electron chi connectivity index (χ0n) is 13.1. The Bertz CT molecular complexity index is 556. The molecule has 0 radical (unpaired) electrons. The fourth-order valence-electron chi connectivity index (χ4n) is 2.89. The number of benzene rings is 1. The number of rotatable bonds is 4. The Morgan fingerprint density at radius 2 is 1.68 bits per heavy atom. The van der Waals surface area contributed by atoms with Gasteiger partial charge in [0.2, 0.25) is 0 Å². The SMILES string of the molecule is Cl.FC(F)(F)CC[C@@H](c1ccc(Cl)cc1C(F)(F)F)N1CCNCC1. The summed E-state index contributed by atoms with van der Waals surface area (Å²) in [6, 6.07) is 2.30. The minimum atomic E-state index is -4.68. The molecule has 10 heteroatoms. The van der Waals surface area contributed by atoms with Gasteiger partial charge in [0.05, 0.1) is 5.56 Å². The first-order valence-electron chi connectivity index (χ1n) is 7.46. The van der Waals surface area contributed by atoms with Gasteiger partial charge in [0.1, 0.15) is 0 Å². The Morgan fingerprint density at radius 3 is 2.20 bits per heavy atom. The van der Waals surface area contributed by atoms with E-state index in [1.54, 1.807) is 4.90 Å². The lowest BCUT2D eigenvalue weighted by atomic mass is 9.94. The summed E-state index contributed by atoms with van der Waals surface area (Å²) in [5.74, 6) is 0. The van der Waals surface area contributed by atoms with Gasteiger partial charge < -0.3 is 5.32 Å². The molecule has 1 saturated heterocycles. The molecule has 1 aromatic carbocycles. The number of hydrogen-bond acceptors (Lipinski definition) is 2. The van der Waals surface area contributed by atoms with Crippen molar-refractivity contribution in [2.45, 2.75) is 31.2 Å². The Kier molecular flexibility index (Phi) is 7.86. The standard InChI is InChI=1S/C15H17ClF6N2.ClH/c16-10-1-2-11(12(9-10)15(20,21)22)13(3-4-14(17,18)19)24-7-5-23-6-8-24;/h1-2,9,13,23H,3-8H2;1H/t13-;/m0./s1. The summed E-state index contributed by atoms with van der Waals surface area (Å²) < 4.78 is 77.8. The van der Waals surface area contributed by atoms with Crippen LogP contribution in [0, 0.1) is 0 Å². The van der Waals surface area contributed by atoms with Crippen molar-refractivity contribution in [3.8, 4) is 0 Å². The predicted octanol–water partition coefficient (Wildman–Crippen LogP) is 5.07. The highest BCUT2D eigenvalue weighted by molar-refractivity contribution is 6.30. The molecule has 0 amide bonds. The van der Waals surface area contributed by atoms with Crippen molar-refractivity contribution in [3.63, 3.8) is 0 Å². The van der Waals surface area contributed by atoms with Gasteiger partial charge in [0.15, 0.2) is 0 Å². The molecular weight excluding hydrogens is 393 g/mol. The smallest absolute Gasteiger partial charge is 0.314 e. The molecule has 1 atom stereocenters. The number of alkyl halides is 6. The van der Waals surface area contributed by atoms with Gasteiger partial charge in [-0.2, -0.15) is 26.3 Å². The molecule has 0 aromatic heterocycles. The van der Waals surface area contributed by atoms with Crippen molar-refractivity contribution in [2.24, 2.45) is 0 Å². The second-order valence-corrected chi connectivity index (χ2v) is 6.12. The van der Waals surface area contributed by atoms with E-state index in [0.29, 0.717) is 26.2 Å². The number of nitrogens with zero attached hydrogens (tertiary/aromatic N) is 1. The summed E-state index contributed by atoms with van der Waals surface area (Å²) in [5.41, 5.74) is -1.13. The maximum absolute atomic E-state index is 13.3. The maximum atomic E-state index is 13.3. The molecule has 144 valence electrons. The minimum Gasteiger partial charge on any atom is -0.314 e. The van der Waals surface area contributed by atoms with Gasteiger partial charge in [0, 0.05) is 43.7 Å². The first kappa shape index (κ1) is 22.3. The van der Waals surface area contributed by atoms with Gasteiger partial charge in [-0.15, -0.1) is 12.4 Å². The second-order valence-electron chi connectivity index (χ2n) is 5.68. The Hall–Kier alpha value is -0.700. The molecule has 0 saturated carbocycles. The van der Waals surface area contributed by atoms with Crippen LogP contribution in [0.15, 0.2) is 18.2 Å². The topological polar surface area (TPSA) is 15.3 Å². The van der Waals surface area contributed by atoms with Gasteiger partial charge in [0.25, 0.3) is 0 Å². The largest absolute Gasteiger partial charge is 0.416 e. The van der Waals surface area contributed by atoms with Gasteiger partial charge in [-0.3, -0.25) is 4.90 Å². The molecule has 1 fully saturated rings. The molecule has 2 nitrogen and oxygen atoms in total. The maximum Gasteiger partial charge on any atom is 0.416 e.